The van der Waals surface area contributed by atoms with E-state index in [1.165, 1.54) is 17.5 Å². The Morgan fingerprint density at radius 1 is 1.09 bits per heavy atom. The van der Waals surface area contributed by atoms with Gasteiger partial charge in [0.25, 0.3) is 0 Å². The number of anilines is 1. The first-order chi connectivity index (χ1) is 15.7. The first-order valence-corrected chi connectivity index (χ1v) is 11.3. The molecule has 0 unspecified atom stereocenters. The van der Waals surface area contributed by atoms with E-state index in [4.69, 9.17) is 10.5 Å². The Kier molecular flexibility index (Phi) is 4.61. The summed E-state index contributed by atoms with van der Waals surface area (Å²) in [7, 11) is 0. The van der Waals surface area contributed by atoms with Crippen molar-refractivity contribution in [3.05, 3.63) is 72.2 Å². The summed E-state index contributed by atoms with van der Waals surface area (Å²) in [5, 5.41) is 10.3. The molecule has 6 nitrogen and oxygen atoms in total. The lowest BCUT2D eigenvalue weighted by molar-refractivity contribution is 0.114. The van der Waals surface area contributed by atoms with Gasteiger partial charge < -0.3 is 20.1 Å². The van der Waals surface area contributed by atoms with E-state index >= 15 is 0 Å². The Morgan fingerprint density at radius 3 is 2.75 bits per heavy atom. The predicted octanol–water partition coefficient (Wildman–Crippen LogP) is 4.69. The van der Waals surface area contributed by atoms with Crippen molar-refractivity contribution in [3.8, 4) is 16.9 Å². The maximum atomic E-state index is 9.44. The van der Waals surface area contributed by atoms with E-state index in [0.29, 0.717) is 17.8 Å². The largest absolute Gasteiger partial charge is 0.485 e. The fourth-order valence-electron chi connectivity index (χ4n) is 5.12. The van der Waals surface area contributed by atoms with Gasteiger partial charge in [-0.25, -0.2) is 9.97 Å². The zero-order valence-electron chi connectivity index (χ0n) is 17.8. The maximum absolute atomic E-state index is 9.44. The summed E-state index contributed by atoms with van der Waals surface area (Å²) >= 11 is 0. The van der Waals surface area contributed by atoms with Crippen molar-refractivity contribution >= 4 is 16.9 Å². The van der Waals surface area contributed by atoms with E-state index in [9.17, 15) is 5.11 Å². The number of aliphatic hydroxyl groups is 1. The van der Waals surface area contributed by atoms with Gasteiger partial charge in [-0.2, -0.15) is 0 Å². The number of nitrogen functional groups attached to an aromatic ring is 1. The summed E-state index contributed by atoms with van der Waals surface area (Å²) in [5.41, 5.74) is 11.7. The molecular formula is C26H26N4O2. The summed E-state index contributed by atoms with van der Waals surface area (Å²) in [4.78, 5) is 8.82. The Morgan fingerprint density at radius 2 is 1.94 bits per heavy atom. The molecule has 2 aromatic carbocycles. The number of rotatable bonds is 4. The zero-order valence-corrected chi connectivity index (χ0v) is 17.8. The van der Waals surface area contributed by atoms with Crippen molar-refractivity contribution < 1.29 is 9.84 Å². The van der Waals surface area contributed by atoms with E-state index in [2.05, 4.69) is 63.2 Å². The molecule has 2 aromatic heterocycles. The fourth-order valence-corrected chi connectivity index (χ4v) is 5.12. The van der Waals surface area contributed by atoms with Crippen LogP contribution in [0.3, 0.4) is 0 Å². The molecular weight excluding hydrogens is 400 g/mol. The standard InChI is InChI=1S/C26H26N4O2/c27-25-24-21(13-30(26(24)29-15-28-25)20-10-16(11-20)14-31)19-7-6-18-8-9-22(32-23(18)12-19)17-4-2-1-3-5-17/h1-7,12-13,15-16,20,22,31H,8-11,14H2,(H2,27,28,29)/t16?,20?,22-/m0/s1. The molecule has 1 aliphatic heterocycles. The Bertz CT molecular complexity index is 1280. The number of hydrogen-bond donors (Lipinski definition) is 2. The lowest BCUT2D eigenvalue weighted by Crippen LogP contribution is -2.28. The Hall–Kier alpha value is -3.38. The van der Waals surface area contributed by atoms with Crippen LogP contribution in [0.15, 0.2) is 61.1 Å². The van der Waals surface area contributed by atoms with E-state index in [1.807, 2.05) is 6.07 Å². The molecule has 0 spiro atoms. The van der Waals surface area contributed by atoms with Gasteiger partial charge in [-0.3, -0.25) is 0 Å². The SMILES string of the molecule is Nc1ncnc2c1c(-c1ccc3c(c1)O[C@H](c1ccccc1)CC3)cn2C1CC(CO)C1. The van der Waals surface area contributed by atoms with E-state index < -0.39 is 0 Å². The number of fused-ring (bicyclic) bond motifs is 2. The van der Waals surface area contributed by atoms with Gasteiger partial charge in [-0.15, -0.1) is 0 Å². The minimum absolute atomic E-state index is 0.0686. The molecule has 4 aromatic rings. The number of nitrogens with two attached hydrogens (primary N) is 1. The van der Waals surface area contributed by atoms with Crippen molar-refractivity contribution in [2.75, 3.05) is 12.3 Å². The third-order valence-electron chi connectivity index (χ3n) is 7.00. The van der Waals surface area contributed by atoms with Gasteiger partial charge >= 0.3 is 0 Å². The molecule has 3 N–H and O–H groups in total. The molecule has 6 rings (SSSR count). The second-order valence-electron chi connectivity index (χ2n) is 8.96. The van der Waals surface area contributed by atoms with Crippen molar-refractivity contribution in [2.24, 2.45) is 5.92 Å². The van der Waals surface area contributed by atoms with Gasteiger partial charge in [0, 0.05) is 24.4 Å². The lowest BCUT2D eigenvalue weighted by Gasteiger charge is -2.35. The van der Waals surface area contributed by atoms with Crippen molar-refractivity contribution in [3.63, 3.8) is 0 Å². The average Bonchev–Trinajstić information content (AvgIpc) is 3.19. The number of benzene rings is 2. The van der Waals surface area contributed by atoms with Gasteiger partial charge in [0.15, 0.2) is 0 Å². The summed E-state index contributed by atoms with van der Waals surface area (Å²) < 4.78 is 8.65. The number of aliphatic hydroxyl groups excluding tert-OH is 1. The molecule has 0 amide bonds. The first kappa shape index (κ1) is 19.3. The number of ether oxygens (including phenoxy) is 1. The second-order valence-corrected chi connectivity index (χ2v) is 8.96. The lowest BCUT2D eigenvalue weighted by atomic mass is 9.81. The molecule has 1 atom stereocenters. The average molecular weight is 427 g/mol. The topological polar surface area (TPSA) is 86.2 Å². The van der Waals surface area contributed by atoms with Gasteiger partial charge in [-0.05, 0) is 54.4 Å². The molecule has 0 bridgehead atoms. The first-order valence-electron chi connectivity index (χ1n) is 11.3. The van der Waals surface area contributed by atoms with Crippen molar-refractivity contribution in [1.29, 1.82) is 0 Å². The third kappa shape index (κ3) is 3.14. The highest BCUT2D eigenvalue weighted by Crippen LogP contribution is 2.44. The monoisotopic (exact) mass is 426 g/mol. The van der Waals surface area contributed by atoms with Crippen LogP contribution in [0, 0.1) is 5.92 Å². The van der Waals surface area contributed by atoms with Crippen LogP contribution >= 0.6 is 0 Å². The van der Waals surface area contributed by atoms with E-state index in [1.54, 1.807) is 0 Å². The molecule has 3 heterocycles. The van der Waals surface area contributed by atoms with Gasteiger partial charge in [0.05, 0.1) is 5.39 Å². The van der Waals surface area contributed by atoms with Crippen LogP contribution in [0.25, 0.3) is 22.2 Å². The van der Waals surface area contributed by atoms with Gasteiger partial charge in [-0.1, -0.05) is 42.5 Å². The minimum Gasteiger partial charge on any atom is -0.485 e. The molecule has 1 fully saturated rings. The quantitative estimate of drug-likeness (QED) is 0.494. The summed E-state index contributed by atoms with van der Waals surface area (Å²) in [6, 6.07) is 17.2. The van der Waals surface area contributed by atoms with Crippen LogP contribution < -0.4 is 10.5 Å². The minimum atomic E-state index is 0.0686. The number of aryl methyl sites for hydroxylation is 1. The second kappa shape index (κ2) is 7.64. The highest BCUT2D eigenvalue weighted by Gasteiger charge is 2.32. The zero-order chi connectivity index (χ0) is 21.7. The smallest absolute Gasteiger partial charge is 0.146 e. The molecule has 32 heavy (non-hydrogen) atoms. The van der Waals surface area contributed by atoms with Crippen LogP contribution in [0.4, 0.5) is 5.82 Å². The van der Waals surface area contributed by atoms with Crippen molar-refractivity contribution in [1.82, 2.24) is 14.5 Å². The van der Waals surface area contributed by atoms with Gasteiger partial charge in [0.2, 0.25) is 0 Å². The molecule has 0 saturated heterocycles. The molecule has 6 heteroatoms. The third-order valence-corrected chi connectivity index (χ3v) is 7.00. The van der Waals surface area contributed by atoms with Gasteiger partial charge in [0.1, 0.15) is 29.6 Å². The Labute approximate surface area is 186 Å². The number of aromatic nitrogens is 3. The highest BCUT2D eigenvalue weighted by atomic mass is 16.5. The molecule has 162 valence electrons. The van der Waals surface area contributed by atoms with Crippen LogP contribution in [0.5, 0.6) is 5.75 Å². The number of nitrogens with zero attached hydrogens (tertiary/aromatic N) is 3. The van der Waals surface area contributed by atoms with Crippen LogP contribution in [-0.2, 0) is 6.42 Å². The molecule has 2 aliphatic rings. The molecule has 1 saturated carbocycles. The fraction of sp³-hybridized carbons (Fsp3) is 0.308. The Balaban J connectivity index is 1.40. The summed E-state index contributed by atoms with van der Waals surface area (Å²) in [6.07, 6.45) is 7.62. The predicted molar refractivity (Wildman–Crippen MR) is 124 cm³/mol. The van der Waals surface area contributed by atoms with Crippen LogP contribution in [0.1, 0.15) is 42.5 Å². The van der Waals surface area contributed by atoms with Crippen molar-refractivity contribution in [2.45, 2.75) is 37.8 Å². The van der Waals surface area contributed by atoms with E-state index in [-0.39, 0.29) is 12.7 Å². The van der Waals surface area contributed by atoms with Crippen LogP contribution in [0.2, 0.25) is 0 Å². The summed E-state index contributed by atoms with van der Waals surface area (Å²) in [6.45, 7) is 0.240. The number of hydrogen-bond acceptors (Lipinski definition) is 5. The molecule has 1 aliphatic carbocycles. The normalized spacial score (nSPS) is 22.2. The van der Waals surface area contributed by atoms with E-state index in [0.717, 1.165) is 53.6 Å². The maximum Gasteiger partial charge on any atom is 0.146 e. The molecule has 0 radical (unpaired) electrons. The highest BCUT2D eigenvalue weighted by molar-refractivity contribution is 6.00. The summed E-state index contributed by atoms with van der Waals surface area (Å²) in [5.74, 6) is 1.79. The van der Waals surface area contributed by atoms with Crippen LogP contribution in [-0.4, -0.2) is 26.2 Å².